The van der Waals surface area contributed by atoms with Gasteiger partial charge in [0.25, 0.3) is 0 Å². The molecule has 0 aliphatic rings. The Hall–Kier alpha value is -2.01. The number of likely N-dealkylation sites (N-methyl/N-ethyl adjacent to an activating group) is 1. The number of furan rings is 1. The molecule has 0 N–H and O–H groups in total. The molecule has 5 nitrogen and oxygen atoms in total. The van der Waals surface area contributed by atoms with E-state index in [0.29, 0.717) is 4.90 Å². The summed E-state index contributed by atoms with van der Waals surface area (Å²) in [5.41, 5.74) is 0. The number of hydrogen-bond donors (Lipinski definition) is 0. The normalized spacial score (nSPS) is 11.4. The third kappa shape index (κ3) is 5.75. The average molecular weight is 289 g/mol. The monoisotopic (exact) mass is 289 g/mol. The topological polar surface area (TPSA) is 60.5 Å². The smallest absolute Gasteiger partial charge is 0.406 e. The fourth-order valence-corrected chi connectivity index (χ4v) is 1.55. The minimum Gasteiger partial charge on any atom is -0.467 e. The van der Waals surface area contributed by atoms with Gasteiger partial charge in [-0.2, -0.15) is 18.4 Å². The van der Waals surface area contributed by atoms with Crippen LogP contribution in [0.1, 0.15) is 5.76 Å². The lowest BCUT2D eigenvalue weighted by atomic mass is 10.3. The van der Waals surface area contributed by atoms with Crippen LogP contribution < -0.4 is 0 Å². The van der Waals surface area contributed by atoms with Crippen molar-refractivity contribution in [2.45, 2.75) is 12.7 Å². The van der Waals surface area contributed by atoms with Gasteiger partial charge in [-0.15, -0.1) is 0 Å². The SMILES string of the molecule is CN(CC#N)CC(=O)N(Cc1ccco1)CC(F)(F)F. The van der Waals surface area contributed by atoms with Gasteiger partial charge in [0, 0.05) is 0 Å². The molecule has 0 saturated heterocycles. The lowest BCUT2D eigenvalue weighted by Crippen LogP contribution is -2.43. The second-order valence-corrected chi connectivity index (χ2v) is 4.27. The highest BCUT2D eigenvalue weighted by atomic mass is 19.4. The van der Waals surface area contributed by atoms with E-state index in [1.165, 1.54) is 30.3 Å². The van der Waals surface area contributed by atoms with Crippen molar-refractivity contribution < 1.29 is 22.4 Å². The van der Waals surface area contributed by atoms with Crippen molar-refractivity contribution in [2.24, 2.45) is 0 Å². The van der Waals surface area contributed by atoms with Crippen LogP contribution in [-0.4, -0.2) is 48.6 Å². The number of alkyl halides is 3. The van der Waals surface area contributed by atoms with E-state index in [9.17, 15) is 18.0 Å². The molecule has 1 amide bonds. The summed E-state index contributed by atoms with van der Waals surface area (Å²) in [4.78, 5) is 13.9. The van der Waals surface area contributed by atoms with E-state index in [4.69, 9.17) is 9.68 Å². The lowest BCUT2D eigenvalue weighted by molar-refractivity contribution is -0.163. The summed E-state index contributed by atoms with van der Waals surface area (Å²) in [5.74, 6) is -0.443. The van der Waals surface area contributed by atoms with E-state index in [1.807, 2.05) is 6.07 Å². The van der Waals surface area contributed by atoms with Gasteiger partial charge in [0.15, 0.2) is 0 Å². The van der Waals surface area contributed by atoms with Crippen LogP contribution in [-0.2, 0) is 11.3 Å². The fourth-order valence-electron chi connectivity index (χ4n) is 1.55. The van der Waals surface area contributed by atoms with Crippen molar-refractivity contribution in [3.63, 3.8) is 0 Å². The Morgan fingerprint density at radius 2 is 2.20 bits per heavy atom. The zero-order chi connectivity index (χ0) is 15.2. The molecule has 0 bridgehead atoms. The average Bonchev–Trinajstić information content (AvgIpc) is 2.79. The van der Waals surface area contributed by atoms with Crippen molar-refractivity contribution in [1.82, 2.24) is 9.80 Å². The molecule has 0 saturated carbocycles. The molecule has 0 atom stereocenters. The molecule has 1 aromatic heterocycles. The first-order valence-corrected chi connectivity index (χ1v) is 5.74. The number of carbonyl (C=O) groups is 1. The van der Waals surface area contributed by atoms with Crippen LogP contribution in [0.4, 0.5) is 13.2 Å². The Morgan fingerprint density at radius 1 is 1.50 bits per heavy atom. The van der Waals surface area contributed by atoms with Crippen molar-refractivity contribution >= 4 is 5.91 Å². The minimum atomic E-state index is -4.49. The van der Waals surface area contributed by atoms with Gasteiger partial charge >= 0.3 is 6.18 Å². The highest BCUT2D eigenvalue weighted by Crippen LogP contribution is 2.18. The molecule has 1 rings (SSSR count). The molecule has 110 valence electrons. The number of halogens is 3. The predicted octanol–water partition coefficient (Wildman–Crippen LogP) is 1.63. The second kappa shape index (κ2) is 6.96. The van der Waals surface area contributed by atoms with Crippen LogP contribution >= 0.6 is 0 Å². The van der Waals surface area contributed by atoms with Crippen molar-refractivity contribution in [3.05, 3.63) is 24.2 Å². The highest BCUT2D eigenvalue weighted by Gasteiger charge is 2.33. The maximum atomic E-state index is 12.5. The van der Waals surface area contributed by atoms with Crippen molar-refractivity contribution in [2.75, 3.05) is 26.7 Å². The third-order valence-electron chi connectivity index (χ3n) is 2.40. The molecule has 0 spiro atoms. The molecule has 0 fully saturated rings. The zero-order valence-corrected chi connectivity index (χ0v) is 10.9. The number of hydrogen-bond acceptors (Lipinski definition) is 4. The largest absolute Gasteiger partial charge is 0.467 e. The summed E-state index contributed by atoms with van der Waals surface area (Å²) in [6.45, 7) is -1.91. The molecule has 0 aliphatic carbocycles. The van der Waals surface area contributed by atoms with Gasteiger partial charge in [-0.3, -0.25) is 9.69 Å². The van der Waals surface area contributed by atoms with E-state index < -0.39 is 18.6 Å². The number of rotatable bonds is 6. The molecule has 1 heterocycles. The van der Waals surface area contributed by atoms with Gasteiger partial charge in [0.2, 0.25) is 5.91 Å². The molecule has 0 aliphatic heterocycles. The maximum absolute atomic E-state index is 12.5. The van der Waals surface area contributed by atoms with E-state index in [-0.39, 0.29) is 25.4 Å². The van der Waals surface area contributed by atoms with Crippen LogP contribution in [0.2, 0.25) is 0 Å². The minimum absolute atomic E-state index is 0.0354. The molecule has 0 aromatic carbocycles. The van der Waals surface area contributed by atoms with Crippen LogP contribution in [0.15, 0.2) is 22.8 Å². The summed E-state index contributed by atoms with van der Waals surface area (Å²) in [5, 5.41) is 8.47. The van der Waals surface area contributed by atoms with Crippen molar-refractivity contribution in [1.29, 1.82) is 5.26 Å². The summed E-state index contributed by atoms with van der Waals surface area (Å²) >= 11 is 0. The van der Waals surface area contributed by atoms with E-state index in [1.54, 1.807) is 0 Å². The van der Waals surface area contributed by atoms with Crippen LogP contribution in [0, 0.1) is 11.3 Å². The standard InChI is InChI=1S/C12H14F3N3O2/c1-17(5-4-16)8-11(19)18(9-12(13,14)15)7-10-3-2-6-20-10/h2-3,6H,5,7-9H2,1H3. The Balaban J connectivity index is 2.71. The molecular formula is C12H14F3N3O2. The van der Waals surface area contributed by atoms with Gasteiger partial charge in [0.1, 0.15) is 12.3 Å². The summed E-state index contributed by atoms with van der Waals surface area (Å²) in [6.07, 6.45) is -3.16. The first kappa shape index (κ1) is 16.0. The van der Waals surface area contributed by atoms with E-state index in [0.717, 1.165) is 0 Å². The first-order chi connectivity index (χ1) is 9.31. The highest BCUT2D eigenvalue weighted by molar-refractivity contribution is 5.78. The Kier molecular flexibility index (Phi) is 5.58. The Morgan fingerprint density at radius 3 is 2.70 bits per heavy atom. The van der Waals surface area contributed by atoms with Crippen molar-refractivity contribution in [3.8, 4) is 6.07 Å². The summed E-state index contributed by atoms with van der Waals surface area (Å²) in [6, 6.07) is 4.85. The molecular weight excluding hydrogens is 275 g/mol. The number of nitriles is 1. The predicted molar refractivity (Wildman–Crippen MR) is 63.3 cm³/mol. The van der Waals surface area contributed by atoms with Gasteiger partial charge in [-0.25, -0.2) is 0 Å². The van der Waals surface area contributed by atoms with E-state index in [2.05, 4.69) is 0 Å². The quantitative estimate of drug-likeness (QED) is 0.747. The Bertz CT molecular complexity index is 465. The first-order valence-electron chi connectivity index (χ1n) is 5.74. The van der Waals surface area contributed by atoms with Gasteiger partial charge < -0.3 is 9.32 Å². The molecule has 0 radical (unpaired) electrons. The summed E-state index contributed by atoms with van der Waals surface area (Å²) in [7, 11) is 1.49. The lowest BCUT2D eigenvalue weighted by Gasteiger charge is -2.25. The molecule has 1 aromatic rings. The second-order valence-electron chi connectivity index (χ2n) is 4.27. The third-order valence-corrected chi connectivity index (χ3v) is 2.40. The number of amides is 1. The van der Waals surface area contributed by atoms with Crippen LogP contribution in [0.25, 0.3) is 0 Å². The Labute approximate surface area is 114 Å². The van der Waals surface area contributed by atoms with Gasteiger partial charge in [0.05, 0.1) is 32.0 Å². The van der Waals surface area contributed by atoms with Gasteiger partial charge in [-0.05, 0) is 19.2 Å². The molecule has 20 heavy (non-hydrogen) atoms. The molecule has 8 heteroatoms. The fraction of sp³-hybridized carbons (Fsp3) is 0.500. The number of carbonyl (C=O) groups excluding carboxylic acids is 1. The number of nitrogens with zero attached hydrogens (tertiary/aromatic N) is 3. The van der Waals surface area contributed by atoms with Gasteiger partial charge in [-0.1, -0.05) is 0 Å². The van der Waals surface area contributed by atoms with Crippen LogP contribution in [0.3, 0.4) is 0 Å². The van der Waals surface area contributed by atoms with E-state index >= 15 is 0 Å². The molecule has 0 unspecified atom stereocenters. The summed E-state index contributed by atoms with van der Waals surface area (Å²) < 4.78 is 42.4. The zero-order valence-electron chi connectivity index (χ0n) is 10.9. The van der Waals surface area contributed by atoms with Crippen LogP contribution in [0.5, 0.6) is 0 Å². The maximum Gasteiger partial charge on any atom is 0.406 e.